The molecule has 4 aromatic rings. The van der Waals surface area contributed by atoms with Crippen LogP contribution in [0.25, 0.3) is 33.5 Å². The van der Waals surface area contributed by atoms with Crippen molar-refractivity contribution in [1.82, 2.24) is 9.97 Å². The van der Waals surface area contributed by atoms with Crippen molar-refractivity contribution in [2.45, 2.75) is 0 Å². The van der Waals surface area contributed by atoms with E-state index in [9.17, 15) is 4.39 Å². The van der Waals surface area contributed by atoms with E-state index >= 15 is 0 Å². The second-order valence-corrected chi connectivity index (χ2v) is 6.42. The molecule has 4 rings (SSSR count). The molecule has 1 aromatic heterocycles. The number of fused-ring (bicyclic) bond motifs is 1. The summed E-state index contributed by atoms with van der Waals surface area (Å²) in [5, 5.41) is 14.9. The number of hydrogen-bond donors (Lipinski definition) is 5. The molecule has 0 saturated heterocycles. The molecule has 1 heterocycles. The molecule has 0 fully saturated rings. The fraction of sp³-hybridized carbons (Fsp3) is 0. The highest BCUT2D eigenvalue weighted by molar-refractivity contribution is 5.98. The van der Waals surface area contributed by atoms with Crippen LogP contribution in [0.3, 0.4) is 0 Å². The first kappa shape index (κ1) is 17.4. The monoisotopic (exact) mass is 372 g/mol. The van der Waals surface area contributed by atoms with E-state index < -0.39 is 5.82 Å². The molecule has 28 heavy (non-hydrogen) atoms. The Morgan fingerprint density at radius 2 is 1.50 bits per heavy atom. The van der Waals surface area contributed by atoms with E-state index in [1.807, 2.05) is 30.3 Å². The van der Waals surface area contributed by atoms with E-state index in [1.54, 1.807) is 18.2 Å². The highest BCUT2D eigenvalue weighted by Crippen LogP contribution is 2.26. The topological polar surface area (TPSA) is 128 Å². The smallest absolute Gasteiger partial charge is 0.138 e. The Morgan fingerprint density at radius 1 is 0.821 bits per heavy atom. The first-order valence-electron chi connectivity index (χ1n) is 8.51. The number of hydrogen-bond acceptors (Lipinski definition) is 3. The zero-order valence-corrected chi connectivity index (χ0v) is 14.8. The Labute approximate surface area is 160 Å². The van der Waals surface area contributed by atoms with Crippen LogP contribution in [0.4, 0.5) is 4.39 Å². The molecule has 0 atom stereocenters. The molecule has 3 aromatic carbocycles. The van der Waals surface area contributed by atoms with Crippen LogP contribution in [0, 0.1) is 16.6 Å². The van der Waals surface area contributed by atoms with E-state index in [-0.39, 0.29) is 17.2 Å². The van der Waals surface area contributed by atoms with Gasteiger partial charge in [0.15, 0.2) is 0 Å². The van der Waals surface area contributed by atoms with Crippen molar-refractivity contribution in [3.8, 4) is 22.5 Å². The number of nitrogens with zero attached hydrogens (tertiary/aromatic N) is 1. The minimum absolute atomic E-state index is 0.00502. The number of rotatable bonds is 4. The predicted octanol–water partition coefficient (Wildman–Crippen LogP) is 3.60. The highest BCUT2D eigenvalue weighted by atomic mass is 19.1. The summed E-state index contributed by atoms with van der Waals surface area (Å²) >= 11 is 0. The van der Waals surface area contributed by atoms with Crippen LogP contribution >= 0.6 is 0 Å². The van der Waals surface area contributed by atoms with Crippen molar-refractivity contribution in [2.24, 2.45) is 11.5 Å². The number of benzene rings is 3. The van der Waals surface area contributed by atoms with Gasteiger partial charge >= 0.3 is 0 Å². The third kappa shape index (κ3) is 3.09. The van der Waals surface area contributed by atoms with Crippen LogP contribution in [0.5, 0.6) is 0 Å². The summed E-state index contributed by atoms with van der Waals surface area (Å²) in [6.07, 6.45) is 0. The molecule has 138 valence electrons. The Balaban J connectivity index is 1.66. The van der Waals surface area contributed by atoms with E-state index in [0.29, 0.717) is 17.0 Å². The molecule has 0 bridgehead atoms. The number of nitrogen functional groups attached to an aromatic ring is 2. The van der Waals surface area contributed by atoms with Gasteiger partial charge in [-0.15, -0.1) is 0 Å². The summed E-state index contributed by atoms with van der Waals surface area (Å²) in [7, 11) is 0. The lowest BCUT2D eigenvalue weighted by molar-refractivity contribution is 0.625. The molecule has 0 spiro atoms. The van der Waals surface area contributed by atoms with Crippen LogP contribution in [-0.4, -0.2) is 21.6 Å². The Kier molecular flexibility index (Phi) is 4.12. The number of nitrogens with two attached hydrogens (primary N) is 2. The van der Waals surface area contributed by atoms with Gasteiger partial charge in [0.1, 0.15) is 23.3 Å². The van der Waals surface area contributed by atoms with Gasteiger partial charge in [0, 0.05) is 11.1 Å². The molecule has 0 unspecified atom stereocenters. The van der Waals surface area contributed by atoms with Crippen LogP contribution in [0.1, 0.15) is 11.1 Å². The van der Waals surface area contributed by atoms with Crippen LogP contribution < -0.4 is 11.5 Å². The van der Waals surface area contributed by atoms with Gasteiger partial charge < -0.3 is 16.5 Å². The lowest BCUT2D eigenvalue weighted by Crippen LogP contribution is -2.13. The molecule has 0 amide bonds. The molecule has 0 radical (unpaired) electrons. The van der Waals surface area contributed by atoms with Gasteiger partial charge in [0.2, 0.25) is 0 Å². The molecule has 7 heteroatoms. The number of halogens is 1. The summed E-state index contributed by atoms with van der Waals surface area (Å²) in [5.74, 6) is -0.115. The predicted molar refractivity (Wildman–Crippen MR) is 109 cm³/mol. The molecule has 0 aliphatic heterocycles. The van der Waals surface area contributed by atoms with Gasteiger partial charge in [-0.2, -0.15) is 0 Å². The Morgan fingerprint density at radius 3 is 2.14 bits per heavy atom. The SMILES string of the molecule is N=C(N)c1ccc2nc(-c3ccc(-c4ccc(C(=N)N)c(F)c4)cc3)[nH]c2c1. The van der Waals surface area contributed by atoms with Gasteiger partial charge in [-0.05, 0) is 41.5 Å². The fourth-order valence-corrected chi connectivity index (χ4v) is 3.05. The number of aromatic amines is 1. The van der Waals surface area contributed by atoms with Gasteiger partial charge in [0.05, 0.1) is 16.6 Å². The van der Waals surface area contributed by atoms with Crippen LogP contribution in [0.15, 0.2) is 60.7 Å². The second-order valence-electron chi connectivity index (χ2n) is 6.42. The van der Waals surface area contributed by atoms with Crippen molar-refractivity contribution >= 4 is 22.7 Å². The third-order valence-electron chi connectivity index (χ3n) is 4.54. The van der Waals surface area contributed by atoms with E-state index in [1.165, 1.54) is 12.1 Å². The van der Waals surface area contributed by atoms with Crippen LogP contribution in [0.2, 0.25) is 0 Å². The van der Waals surface area contributed by atoms with Crippen molar-refractivity contribution < 1.29 is 4.39 Å². The number of H-pyrrole nitrogens is 1. The summed E-state index contributed by atoms with van der Waals surface area (Å²) in [6, 6.07) is 17.5. The minimum atomic E-state index is -0.521. The van der Waals surface area contributed by atoms with Crippen molar-refractivity contribution in [3.05, 3.63) is 77.6 Å². The van der Waals surface area contributed by atoms with E-state index in [0.717, 1.165) is 22.2 Å². The summed E-state index contributed by atoms with van der Waals surface area (Å²) in [5.41, 5.74) is 15.6. The minimum Gasteiger partial charge on any atom is -0.384 e. The molecule has 7 N–H and O–H groups in total. The number of aromatic nitrogens is 2. The van der Waals surface area contributed by atoms with E-state index in [2.05, 4.69) is 9.97 Å². The van der Waals surface area contributed by atoms with Crippen molar-refractivity contribution in [2.75, 3.05) is 0 Å². The third-order valence-corrected chi connectivity index (χ3v) is 4.54. The lowest BCUT2D eigenvalue weighted by atomic mass is 10.0. The second kappa shape index (κ2) is 6.62. The van der Waals surface area contributed by atoms with Crippen molar-refractivity contribution in [1.29, 1.82) is 10.8 Å². The Hall–Kier alpha value is -4.00. The lowest BCUT2D eigenvalue weighted by Gasteiger charge is -2.06. The average molecular weight is 372 g/mol. The maximum absolute atomic E-state index is 14.1. The van der Waals surface area contributed by atoms with Crippen LogP contribution in [-0.2, 0) is 0 Å². The fourth-order valence-electron chi connectivity index (χ4n) is 3.05. The largest absolute Gasteiger partial charge is 0.384 e. The molecule has 0 aliphatic rings. The maximum atomic E-state index is 14.1. The first-order valence-corrected chi connectivity index (χ1v) is 8.51. The number of nitrogens with one attached hydrogen (secondary N) is 3. The summed E-state index contributed by atoms with van der Waals surface area (Å²) < 4.78 is 14.1. The maximum Gasteiger partial charge on any atom is 0.138 e. The summed E-state index contributed by atoms with van der Waals surface area (Å²) in [6.45, 7) is 0. The molecule has 6 nitrogen and oxygen atoms in total. The highest BCUT2D eigenvalue weighted by Gasteiger charge is 2.10. The average Bonchev–Trinajstić information content (AvgIpc) is 3.11. The molecular formula is C21H17FN6. The van der Waals surface area contributed by atoms with Crippen molar-refractivity contribution in [3.63, 3.8) is 0 Å². The molecule has 0 saturated carbocycles. The first-order chi connectivity index (χ1) is 13.4. The van der Waals surface area contributed by atoms with Gasteiger partial charge in [-0.1, -0.05) is 30.3 Å². The number of amidine groups is 2. The zero-order valence-electron chi connectivity index (χ0n) is 14.8. The molecular weight excluding hydrogens is 355 g/mol. The molecule has 0 aliphatic carbocycles. The normalized spacial score (nSPS) is 10.9. The van der Waals surface area contributed by atoms with Gasteiger partial charge in [-0.25, -0.2) is 9.37 Å². The quantitative estimate of drug-likeness (QED) is 0.277. The number of imidazole rings is 1. The zero-order chi connectivity index (χ0) is 19.8. The van der Waals surface area contributed by atoms with Gasteiger partial charge in [0.25, 0.3) is 0 Å². The van der Waals surface area contributed by atoms with Gasteiger partial charge in [-0.3, -0.25) is 10.8 Å². The standard InChI is InChI=1S/C21H17FN6/c22-16-9-13(5-7-15(16)20(25)26)11-1-3-12(4-2-11)21-27-17-8-6-14(19(23)24)10-18(17)28-21/h1-10H,(H3,23,24)(H3,25,26)(H,27,28). The van der Waals surface area contributed by atoms with E-state index in [4.69, 9.17) is 22.3 Å². The Bertz CT molecular complexity index is 1220. The summed E-state index contributed by atoms with van der Waals surface area (Å²) in [4.78, 5) is 7.80.